The van der Waals surface area contributed by atoms with Gasteiger partial charge in [0.2, 0.25) is 5.91 Å². The van der Waals surface area contributed by atoms with Crippen LogP contribution in [0.5, 0.6) is 0 Å². The number of nitrogens with one attached hydrogen (secondary N) is 1. The SMILES string of the molecule is O=C(CSc1nc2ccccc2c(=O)n1-c1ccc(F)cc1F)Nc1cccc2ccccc12. The van der Waals surface area contributed by atoms with Gasteiger partial charge in [0.15, 0.2) is 5.16 Å². The zero-order chi connectivity index (χ0) is 23.7. The minimum atomic E-state index is -0.902. The maximum atomic E-state index is 14.6. The highest BCUT2D eigenvalue weighted by Crippen LogP contribution is 2.25. The van der Waals surface area contributed by atoms with Gasteiger partial charge in [0.25, 0.3) is 5.56 Å². The molecule has 1 aromatic heterocycles. The molecular weight excluding hydrogens is 456 g/mol. The maximum Gasteiger partial charge on any atom is 0.266 e. The molecule has 0 radical (unpaired) electrons. The van der Waals surface area contributed by atoms with Crippen LogP contribution in [0.4, 0.5) is 14.5 Å². The summed E-state index contributed by atoms with van der Waals surface area (Å²) in [7, 11) is 0. The molecule has 1 amide bonds. The first kappa shape index (κ1) is 21.8. The van der Waals surface area contributed by atoms with Crippen LogP contribution >= 0.6 is 11.8 Å². The smallest absolute Gasteiger partial charge is 0.266 e. The van der Waals surface area contributed by atoms with Crippen molar-refractivity contribution in [2.45, 2.75) is 5.16 Å². The van der Waals surface area contributed by atoms with Crippen molar-refractivity contribution in [3.8, 4) is 5.69 Å². The molecular formula is C26H17F2N3O2S. The van der Waals surface area contributed by atoms with Crippen molar-refractivity contribution in [3.05, 3.63) is 107 Å². The van der Waals surface area contributed by atoms with E-state index in [2.05, 4.69) is 10.3 Å². The summed E-state index contributed by atoms with van der Waals surface area (Å²) in [6.07, 6.45) is 0. The number of hydrogen-bond acceptors (Lipinski definition) is 4. The molecule has 5 nitrogen and oxygen atoms in total. The fraction of sp³-hybridized carbons (Fsp3) is 0.0385. The average Bonchev–Trinajstić information content (AvgIpc) is 2.84. The van der Waals surface area contributed by atoms with E-state index in [9.17, 15) is 18.4 Å². The molecule has 5 aromatic rings. The van der Waals surface area contributed by atoms with Gasteiger partial charge in [-0.25, -0.2) is 13.8 Å². The molecule has 0 atom stereocenters. The van der Waals surface area contributed by atoms with Crippen molar-refractivity contribution in [2.24, 2.45) is 0 Å². The molecule has 0 unspecified atom stereocenters. The second-order valence-corrected chi connectivity index (χ2v) is 8.45. The van der Waals surface area contributed by atoms with Gasteiger partial charge in [0.1, 0.15) is 11.6 Å². The molecule has 0 bridgehead atoms. The van der Waals surface area contributed by atoms with E-state index in [1.165, 1.54) is 6.07 Å². The zero-order valence-corrected chi connectivity index (χ0v) is 18.5. The third-order valence-corrected chi connectivity index (χ3v) is 6.23. The molecule has 0 aliphatic rings. The molecule has 0 aliphatic carbocycles. The Morgan fingerprint density at radius 1 is 0.912 bits per heavy atom. The summed E-state index contributed by atoms with van der Waals surface area (Å²) < 4.78 is 29.2. The Balaban J connectivity index is 1.49. The molecule has 0 saturated heterocycles. The molecule has 5 rings (SSSR count). The minimum Gasteiger partial charge on any atom is -0.325 e. The Bertz CT molecular complexity index is 1610. The molecule has 1 heterocycles. The molecule has 0 fully saturated rings. The lowest BCUT2D eigenvalue weighted by molar-refractivity contribution is -0.113. The van der Waals surface area contributed by atoms with Crippen LogP contribution in [0.25, 0.3) is 27.4 Å². The molecule has 4 aromatic carbocycles. The Morgan fingerprint density at radius 2 is 1.65 bits per heavy atom. The number of carbonyl (C=O) groups is 1. The molecule has 0 saturated carbocycles. The first-order valence-electron chi connectivity index (χ1n) is 10.4. The Labute approximate surface area is 197 Å². The summed E-state index contributed by atoms with van der Waals surface area (Å²) in [6, 6.07) is 22.9. The summed E-state index contributed by atoms with van der Waals surface area (Å²) in [5.74, 6) is -2.04. The number of fused-ring (bicyclic) bond motifs is 2. The maximum absolute atomic E-state index is 14.6. The number of para-hydroxylation sites is 1. The van der Waals surface area contributed by atoms with Gasteiger partial charge in [-0.1, -0.05) is 60.3 Å². The second-order valence-electron chi connectivity index (χ2n) is 7.51. The van der Waals surface area contributed by atoms with Gasteiger partial charge >= 0.3 is 0 Å². The standard InChI is InChI=1S/C26H17F2N3O2S/c27-17-12-13-23(20(28)14-17)31-25(33)19-9-3-4-10-22(19)30-26(31)34-15-24(32)29-21-11-5-7-16-6-1-2-8-18(16)21/h1-14H,15H2,(H,29,32). The van der Waals surface area contributed by atoms with E-state index in [1.807, 2.05) is 42.5 Å². The molecule has 0 spiro atoms. The number of carbonyl (C=O) groups excluding carboxylic acids is 1. The van der Waals surface area contributed by atoms with E-state index in [0.717, 1.165) is 33.2 Å². The number of benzene rings is 4. The van der Waals surface area contributed by atoms with Crippen molar-refractivity contribution in [1.29, 1.82) is 0 Å². The van der Waals surface area contributed by atoms with E-state index in [-0.39, 0.29) is 27.9 Å². The highest BCUT2D eigenvalue weighted by atomic mass is 32.2. The minimum absolute atomic E-state index is 0.0726. The quantitative estimate of drug-likeness (QED) is 0.269. The van der Waals surface area contributed by atoms with Crippen LogP contribution in [0.15, 0.2) is 94.9 Å². The van der Waals surface area contributed by atoms with E-state index >= 15 is 0 Å². The Kier molecular flexibility index (Phi) is 5.81. The highest BCUT2D eigenvalue weighted by molar-refractivity contribution is 7.99. The summed E-state index contributed by atoms with van der Waals surface area (Å²) in [6.45, 7) is 0. The predicted molar refractivity (Wildman–Crippen MR) is 131 cm³/mol. The fourth-order valence-electron chi connectivity index (χ4n) is 3.74. The van der Waals surface area contributed by atoms with Crippen molar-refractivity contribution >= 4 is 45.0 Å². The van der Waals surface area contributed by atoms with Crippen molar-refractivity contribution in [1.82, 2.24) is 9.55 Å². The molecule has 168 valence electrons. The Hall–Kier alpha value is -4.04. The van der Waals surface area contributed by atoms with Gasteiger partial charge in [-0.2, -0.15) is 0 Å². The van der Waals surface area contributed by atoms with E-state index in [0.29, 0.717) is 17.3 Å². The summed E-state index contributed by atoms with van der Waals surface area (Å²) >= 11 is 0.996. The van der Waals surface area contributed by atoms with E-state index < -0.39 is 17.2 Å². The normalized spacial score (nSPS) is 11.1. The van der Waals surface area contributed by atoms with Gasteiger partial charge in [0, 0.05) is 17.1 Å². The highest BCUT2D eigenvalue weighted by Gasteiger charge is 2.18. The third kappa shape index (κ3) is 4.15. The number of aromatic nitrogens is 2. The van der Waals surface area contributed by atoms with Crippen LogP contribution in [0.3, 0.4) is 0 Å². The van der Waals surface area contributed by atoms with Gasteiger partial charge in [-0.05, 0) is 35.7 Å². The first-order chi connectivity index (χ1) is 16.5. The van der Waals surface area contributed by atoms with Crippen molar-refractivity contribution < 1.29 is 13.6 Å². The zero-order valence-electron chi connectivity index (χ0n) is 17.7. The second kappa shape index (κ2) is 9.07. The topological polar surface area (TPSA) is 64.0 Å². The van der Waals surface area contributed by atoms with Crippen molar-refractivity contribution in [2.75, 3.05) is 11.1 Å². The number of amides is 1. The lowest BCUT2D eigenvalue weighted by Crippen LogP contribution is -2.23. The molecule has 0 aliphatic heterocycles. The Morgan fingerprint density at radius 3 is 2.47 bits per heavy atom. The first-order valence-corrected chi connectivity index (χ1v) is 11.4. The lowest BCUT2D eigenvalue weighted by Gasteiger charge is -2.14. The summed E-state index contributed by atoms with van der Waals surface area (Å²) in [5.41, 5.74) is 0.440. The number of thioether (sulfide) groups is 1. The van der Waals surface area contributed by atoms with Gasteiger partial charge < -0.3 is 5.32 Å². The molecule has 1 N–H and O–H groups in total. The largest absolute Gasteiger partial charge is 0.325 e. The van der Waals surface area contributed by atoms with Crippen LogP contribution in [0.2, 0.25) is 0 Å². The fourth-order valence-corrected chi connectivity index (χ4v) is 4.54. The van der Waals surface area contributed by atoms with Crippen LogP contribution in [0, 0.1) is 11.6 Å². The monoisotopic (exact) mass is 473 g/mol. The van der Waals surface area contributed by atoms with Gasteiger partial charge in [-0.15, -0.1) is 0 Å². The van der Waals surface area contributed by atoms with Crippen LogP contribution in [-0.2, 0) is 4.79 Å². The number of anilines is 1. The predicted octanol–water partition coefficient (Wildman–Crippen LogP) is 5.55. The third-order valence-electron chi connectivity index (χ3n) is 5.29. The molecule has 8 heteroatoms. The molecule has 34 heavy (non-hydrogen) atoms. The van der Waals surface area contributed by atoms with Crippen LogP contribution < -0.4 is 10.9 Å². The van der Waals surface area contributed by atoms with Crippen LogP contribution in [0.1, 0.15) is 0 Å². The van der Waals surface area contributed by atoms with Crippen molar-refractivity contribution in [3.63, 3.8) is 0 Å². The number of hydrogen-bond donors (Lipinski definition) is 1. The number of rotatable bonds is 5. The number of halogens is 2. The number of nitrogens with zero attached hydrogens (tertiary/aromatic N) is 2. The van der Waals surface area contributed by atoms with E-state index in [1.54, 1.807) is 24.3 Å². The van der Waals surface area contributed by atoms with Gasteiger partial charge in [-0.3, -0.25) is 14.2 Å². The van der Waals surface area contributed by atoms with Crippen LogP contribution in [-0.4, -0.2) is 21.2 Å². The van der Waals surface area contributed by atoms with E-state index in [4.69, 9.17) is 0 Å². The summed E-state index contributed by atoms with van der Waals surface area (Å²) in [4.78, 5) is 30.5. The average molecular weight is 474 g/mol. The lowest BCUT2D eigenvalue weighted by atomic mass is 10.1. The summed E-state index contributed by atoms with van der Waals surface area (Å²) in [5, 5.41) is 5.19. The van der Waals surface area contributed by atoms with Gasteiger partial charge in [0.05, 0.1) is 22.3 Å².